The Bertz CT molecular complexity index is 728. The molecular formula is C19H22ClN3O2. The van der Waals surface area contributed by atoms with Gasteiger partial charge in [-0.25, -0.2) is 0 Å². The summed E-state index contributed by atoms with van der Waals surface area (Å²) in [4.78, 5) is 16.9. The van der Waals surface area contributed by atoms with Gasteiger partial charge in [0.1, 0.15) is 5.75 Å². The number of para-hydroxylation sites is 1. The molecule has 25 heavy (non-hydrogen) atoms. The number of carbonyl (C=O) groups is 1. The summed E-state index contributed by atoms with van der Waals surface area (Å²) in [6.07, 6.45) is 0. The van der Waals surface area contributed by atoms with Gasteiger partial charge in [-0.1, -0.05) is 23.7 Å². The van der Waals surface area contributed by atoms with Gasteiger partial charge in [0, 0.05) is 31.9 Å². The lowest BCUT2D eigenvalue weighted by Crippen LogP contribution is -2.52. The molecule has 1 heterocycles. The SMILES string of the molecule is CC(C(=O)Nc1ccccc1Cl)N1CCN(c2ccc(O)cc2)CC1. The number of halogens is 1. The zero-order valence-electron chi connectivity index (χ0n) is 14.2. The Balaban J connectivity index is 1.56. The minimum absolute atomic E-state index is 0.0498. The molecule has 0 radical (unpaired) electrons. The lowest BCUT2D eigenvalue weighted by molar-refractivity contribution is -0.120. The highest BCUT2D eigenvalue weighted by molar-refractivity contribution is 6.33. The molecule has 2 N–H and O–H groups in total. The van der Waals surface area contributed by atoms with Gasteiger partial charge in [-0.2, -0.15) is 0 Å². The molecule has 132 valence electrons. The molecule has 2 aromatic rings. The molecule has 5 nitrogen and oxygen atoms in total. The van der Waals surface area contributed by atoms with Crippen LogP contribution in [0.5, 0.6) is 5.75 Å². The number of hydrogen-bond acceptors (Lipinski definition) is 4. The Labute approximate surface area is 152 Å². The Morgan fingerprint density at radius 2 is 1.72 bits per heavy atom. The molecular weight excluding hydrogens is 338 g/mol. The van der Waals surface area contributed by atoms with E-state index in [9.17, 15) is 9.90 Å². The fourth-order valence-electron chi connectivity index (χ4n) is 3.00. The molecule has 0 saturated carbocycles. The van der Waals surface area contributed by atoms with E-state index in [0.29, 0.717) is 10.7 Å². The van der Waals surface area contributed by atoms with Crippen LogP contribution in [0.3, 0.4) is 0 Å². The van der Waals surface area contributed by atoms with Crippen LogP contribution < -0.4 is 10.2 Å². The van der Waals surface area contributed by atoms with Gasteiger partial charge in [-0.15, -0.1) is 0 Å². The van der Waals surface area contributed by atoms with Gasteiger partial charge in [0.2, 0.25) is 5.91 Å². The van der Waals surface area contributed by atoms with Crippen molar-refractivity contribution < 1.29 is 9.90 Å². The van der Waals surface area contributed by atoms with Crippen LogP contribution in [0.15, 0.2) is 48.5 Å². The molecule has 1 aliphatic heterocycles. The largest absolute Gasteiger partial charge is 0.508 e. The Hall–Kier alpha value is -2.24. The van der Waals surface area contributed by atoms with Gasteiger partial charge < -0.3 is 15.3 Å². The summed E-state index contributed by atoms with van der Waals surface area (Å²) < 4.78 is 0. The quantitative estimate of drug-likeness (QED) is 0.880. The first kappa shape index (κ1) is 17.6. The van der Waals surface area contributed by atoms with E-state index in [4.69, 9.17) is 11.6 Å². The number of amides is 1. The molecule has 1 fully saturated rings. The van der Waals surface area contributed by atoms with Gasteiger partial charge in [-0.05, 0) is 43.3 Å². The summed E-state index contributed by atoms with van der Waals surface area (Å²) in [5.74, 6) is 0.221. The first-order valence-electron chi connectivity index (χ1n) is 8.38. The van der Waals surface area contributed by atoms with Crippen molar-refractivity contribution in [3.8, 4) is 5.75 Å². The number of aromatic hydroxyl groups is 1. The van der Waals surface area contributed by atoms with Gasteiger partial charge in [0.15, 0.2) is 0 Å². The summed E-state index contributed by atoms with van der Waals surface area (Å²) >= 11 is 6.10. The van der Waals surface area contributed by atoms with Crippen molar-refractivity contribution in [2.24, 2.45) is 0 Å². The zero-order chi connectivity index (χ0) is 17.8. The van der Waals surface area contributed by atoms with Crippen LogP contribution in [0.1, 0.15) is 6.92 Å². The van der Waals surface area contributed by atoms with Gasteiger partial charge in [0.25, 0.3) is 0 Å². The number of phenolic OH excluding ortho intramolecular Hbond substituents is 1. The van der Waals surface area contributed by atoms with Crippen molar-refractivity contribution in [3.05, 3.63) is 53.6 Å². The van der Waals surface area contributed by atoms with Crippen LogP contribution in [-0.4, -0.2) is 48.1 Å². The molecule has 0 aliphatic carbocycles. The molecule has 2 aromatic carbocycles. The predicted octanol–water partition coefficient (Wildman–Crippen LogP) is 3.19. The van der Waals surface area contributed by atoms with E-state index in [1.807, 2.05) is 31.2 Å². The number of phenols is 1. The summed E-state index contributed by atoms with van der Waals surface area (Å²) in [5, 5.41) is 12.8. The fourth-order valence-corrected chi connectivity index (χ4v) is 3.18. The average molecular weight is 360 g/mol. The van der Waals surface area contributed by atoms with Crippen molar-refractivity contribution in [1.29, 1.82) is 0 Å². The molecule has 3 rings (SSSR count). The lowest BCUT2D eigenvalue weighted by atomic mass is 10.2. The summed E-state index contributed by atoms with van der Waals surface area (Å²) in [7, 11) is 0. The zero-order valence-corrected chi connectivity index (χ0v) is 14.9. The average Bonchev–Trinajstić information content (AvgIpc) is 2.64. The molecule has 1 unspecified atom stereocenters. The highest BCUT2D eigenvalue weighted by atomic mass is 35.5. The Morgan fingerprint density at radius 3 is 2.36 bits per heavy atom. The third-order valence-electron chi connectivity index (χ3n) is 4.59. The molecule has 1 saturated heterocycles. The highest BCUT2D eigenvalue weighted by Gasteiger charge is 2.26. The first-order chi connectivity index (χ1) is 12.0. The van der Waals surface area contributed by atoms with E-state index in [0.717, 1.165) is 31.9 Å². The molecule has 0 spiro atoms. The molecule has 1 aliphatic rings. The minimum Gasteiger partial charge on any atom is -0.508 e. The van der Waals surface area contributed by atoms with E-state index in [1.54, 1.807) is 24.3 Å². The second-order valence-electron chi connectivity index (χ2n) is 6.18. The number of piperazine rings is 1. The van der Waals surface area contributed by atoms with E-state index in [-0.39, 0.29) is 17.7 Å². The van der Waals surface area contributed by atoms with Crippen molar-refractivity contribution in [3.63, 3.8) is 0 Å². The van der Waals surface area contributed by atoms with Crippen LogP contribution in [0.2, 0.25) is 5.02 Å². The van der Waals surface area contributed by atoms with E-state index < -0.39 is 0 Å². The maximum absolute atomic E-state index is 12.5. The fraction of sp³-hybridized carbons (Fsp3) is 0.316. The van der Waals surface area contributed by atoms with Crippen LogP contribution in [0.25, 0.3) is 0 Å². The van der Waals surface area contributed by atoms with Crippen LogP contribution in [-0.2, 0) is 4.79 Å². The van der Waals surface area contributed by atoms with Crippen LogP contribution >= 0.6 is 11.6 Å². The Kier molecular flexibility index (Phi) is 5.46. The predicted molar refractivity (Wildman–Crippen MR) is 101 cm³/mol. The minimum atomic E-state index is -0.224. The molecule has 0 bridgehead atoms. The number of hydrogen-bond donors (Lipinski definition) is 2. The summed E-state index contributed by atoms with van der Waals surface area (Å²) in [6, 6.07) is 14.2. The second-order valence-corrected chi connectivity index (χ2v) is 6.59. The molecule has 1 amide bonds. The van der Waals surface area contributed by atoms with Gasteiger partial charge in [-0.3, -0.25) is 9.69 Å². The number of rotatable bonds is 4. The van der Waals surface area contributed by atoms with Crippen molar-refractivity contribution in [2.45, 2.75) is 13.0 Å². The maximum atomic E-state index is 12.5. The van der Waals surface area contributed by atoms with Crippen molar-refractivity contribution in [2.75, 3.05) is 36.4 Å². The standard InChI is InChI=1S/C19H22ClN3O2/c1-14(19(25)21-18-5-3-2-4-17(18)20)22-10-12-23(13-11-22)15-6-8-16(24)9-7-15/h2-9,14,24H,10-13H2,1H3,(H,21,25). The van der Waals surface area contributed by atoms with E-state index in [1.165, 1.54) is 0 Å². The van der Waals surface area contributed by atoms with Crippen molar-refractivity contribution in [1.82, 2.24) is 4.90 Å². The lowest BCUT2D eigenvalue weighted by Gasteiger charge is -2.38. The number of carbonyl (C=O) groups excluding carboxylic acids is 1. The number of anilines is 2. The third-order valence-corrected chi connectivity index (χ3v) is 4.92. The first-order valence-corrected chi connectivity index (χ1v) is 8.76. The Morgan fingerprint density at radius 1 is 1.08 bits per heavy atom. The summed E-state index contributed by atoms with van der Waals surface area (Å²) in [6.45, 7) is 5.21. The van der Waals surface area contributed by atoms with Crippen LogP contribution in [0, 0.1) is 0 Å². The second kappa shape index (κ2) is 7.76. The normalized spacial score (nSPS) is 16.5. The maximum Gasteiger partial charge on any atom is 0.241 e. The van der Waals surface area contributed by atoms with E-state index in [2.05, 4.69) is 15.1 Å². The topological polar surface area (TPSA) is 55.8 Å². The molecule has 0 aromatic heterocycles. The smallest absolute Gasteiger partial charge is 0.241 e. The number of nitrogens with zero attached hydrogens (tertiary/aromatic N) is 2. The van der Waals surface area contributed by atoms with Crippen LogP contribution in [0.4, 0.5) is 11.4 Å². The van der Waals surface area contributed by atoms with Gasteiger partial charge in [0.05, 0.1) is 16.8 Å². The molecule has 6 heteroatoms. The number of benzene rings is 2. The van der Waals surface area contributed by atoms with Gasteiger partial charge >= 0.3 is 0 Å². The van der Waals surface area contributed by atoms with Crippen molar-refractivity contribution >= 4 is 28.9 Å². The highest BCUT2D eigenvalue weighted by Crippen LogP contribution is 2.22. The van der Waals surface area contributed by atoms with E-state index >= 15 is 0 Å². The summed E-state index contributed by atoms with van der Waals surface area (Å²) in [5.41, 5.74) is 1.73. The molecule has 1 atom stereocenters. The monoisotopic (exact) mass is 359 g/mol. The third kappa shape index (κ3) is 4.24. The number of nitrogens with one attached hydrogen (secondary N) is 1.